The molecule has 9 nitrogen and oxygen atoms in total. The maximum absolute atomic E-state index is 12.9. The maximum Gasteiger partial charge on any atom is 0.404 e. The van der Waals surface area contributed by atoms with E-state index in [2.05, 4.69) is 10.6 Å². The van der Waals surface area contributed by atoms with E-state index in [1.807, 2.05) is 24.3 Å². The number of ether oxygens (including phenoxy) is 1. The molecule has 4 rings (SSSR count). The summed E-state index contributed by atoms with van der Waals surface area (Å²) < 4.78 is 5.96. The highest BCUT2D eigenvalue weighted by Crippen LogP contribution is 2.33. The molecule has 9 heteroatoms. The second-order valence-corrected chi connectivity index (χ2v) is 7.45. The van der Waals surface area contributed by atoms with Gasteiger partial charge in [-0.25, -0.2) is 4.79 Å². The van der Waals surface area contributed by atoms with Crippen molar-refractivity contribution in [2.45, 2.75) is 38.6 Å². The van der Waals surface area contributed by atoms with Gasteiger partial charge in [0, 0.05) is 24.1 Å². The maximum atomic E-state index is 12.9. The zero-order chi connectivity index (χ0) is 22.0. The molecule has 4 amide bonds. The molecule has 160 valence electrons. The van der Waals surface area contributed by atoms with Crippen LogP contribution in [0.1, 0.15) is 39.9 Å². The number of nitrogens with zero attached hydrogens (tertiary/aromatic N) is 1. The van der Waals surface area contributed by atoms with Gasteiger partial charge in [0.25, 0.3) is 5.91 Å². The van der Waals surface area contributed by atoms with Gasteiger partial charge in [-0.1, -0.05) is 30.3 Å². The van der Waals surface area contributed by atoms with Gasteiger partial charge in [0.15, 0.2) is 0 Å². The van der Waals surface area contributed by atoms with Crippen molar-refractivity contribution < 1.29 is 29.0 Å². The quantitative estimate of drug-likeness (QED) is 0.609. The third-order valence-electron chi connectivity index (χ3n) is 5.40. The molecule has 0 aromatic heterocycles. The van der Waals surface area contributed by atoms with Crippen LogP contribution in [-0.4, -0.2) is 39.9 Å². The van der Waals surface area contributed by atoms with Crippen LogP contribution in [0.5, 0.6) is 5.75 Å². The molecule has 2 heterocycles. The Morgan fingerprint density at radius 3 is 2.58 bits per heavy atom. The van der Waals surface area contributed by atoms with Crippen molar-refractivity contribution in [2.24, 2.45) is 0 Å². The molecule has 2 aromatic carbocycles. The van der Waals surface area contributed by atoms with Crippen LogP contribution in [0.15, 0.2) is 42.5 Å². The highest BCUT2D eigenvalue weighted by atomic mass is 16.5. The number of fused-ring (bicyclic) bond motifs is 1. The Labute approximate surface area is 178 Å². The molecule has 1 unspecified atom stereocenters. The fourth-order valence-corrected chi connectivity index (χ4v) is 3.78. The number of rotatable bonds is 6. The van der Waals surface area contributed by atoms with Gasteiger partial charge in [-0.05, 0) is 29.7 Å². The predicted octanol–water partition coefficient (Wildman–Crippen LogP) is 1.79. The number of carbonyl (C=O) groups excluding carboxylic acids is 3. The summed E-state index contributed by atoms with van der Waals surface area (Å²) in [5, 5.41) is 13.3. The van der Waals surface area contributed by atoms with Crippen molar-refractivity contribution in [3.05, 3.63) is 64.7 Å². The van der Waals surface area contributed by atoms with E-state index in [0.717, 1.165) is 16.7 Å². The van der Waals surface area contributed by atoms with Crippen molar-refractivity contribution in [1.82, 2.24) is 15.5 Å². The molecule has 1 saturated heterocycles. The standard InChI is InChI=1S/C22H21N3O6/c26-19-9-8-17(20(27)24-19)25-11-16-15(21(25)28)2-1-3-18(16)31-12-14-6-4-13(5-7-14)10-23-22(29)30/h1-7,17,23H,8-12H2,(H,29,30)(H,24,26,27). The summed E-state index contributed by atoms with van der Waals surface area (Å²) >= 11 is 0. The minimum atomic E-state index is -1.08. The number of carbonyl (C=O) groups is 4. The van der Waals surface area contributed by atoms with E-state index in [0.29, 0.717) is 17.7 Å². The topological polar surface area (TPSA) is 125 Å². The number of hydrogen-bond donors (Lipinski definition) is 3. The molecule has 0 saturated carbocycles. The Morgan fingerprint density at radius 1 is 1.13 bits per heavy atom. The van der Waals surface area contributed by atoms with Crippen LogP contribution in [0.2, 0.25) is 0 Å². The summed E-state index contributed by atoms with van der Waals surface area (Å²) in [6.45, 7) is 0.743. The number of benzene rings is 2. The third kappa shape index (κ3) is 4.35. The molecule has 0 bridgehead atoms. The van der Waals surface area contributed by atoms with Gasteiger partial charge in [0.2, 0.25) is 11.8 Å². The lowest BCUT2D eigenvalue weighted by atomic mass is 10.0. The fourth-order valence-electron chi connectivity index (χ4n) is 3.78. The van der Waals surface area contributed by atoms with Crippen LogP contribution in [0.3, 0.4) is 0 Å². The van der Waals surface area contributed by atoms with Gasteiger partial charge in [-0.15, -0.1) is 0 Å². The van der Waals surface area contributed by atoms with Crippen LogP contribution in [0, 0.1) is 0 Å². The molecule has 1 fully saturated rings. The first-order valence-electron chi connectivity index (χ1n) is 9.86. The Balaban J connectivity index is 1.43. The molecule has 0 aliphatic carbocycles. The first-order valence-corrected chi connectivity index (χ1v) is 9.86. The second kappa shape index (κ2) is 8.47. The van der Waals surface area contributed by atoms with E-state index in [1.165, 1.54) is 4.90 Å². The number of imide groups is 1. The SMILES string of the molecule is O=C(O)NCc1ccc(COc2cccc3c2CN(C2CCC(=O)NC2=O)C3=O)cc1. The van der Waals surface area contributed by atoms with Crippen LogP contribution in [0.4, 0.5) is 4.79 Å². The average Bonchev–Trinajstić information content (AvgIpc) is 3.08. The molecular formula is C22H21N3O6. The molecular weight excluding hydrogens is 402 g/mol. The van der Waals surface area contributed by atoms with Crippen molar-refractivity contribution in [3.63, 3.8) is 0 Å². The lowest BCUT2D eigenvalue weighted by Crippen LogP contribution is -2.52. The Hall–Kier alpha value is -3.88. The summed E-state index contributed by atoms with van der Waals surface area (Å²) in [4.78, 5) is 48.5. The van der Waals surface area contributed by atoms with Gasteiger partial charge in [0.1, 0.15) is 18.4 Å². The predicted molar refractivity (Wildman–Crippen MR) is 108 cm³/mol. The third-order valence-corrected chi connectivity index (χ3v) is 5.40. The fraction of sp³-hybridized carbons (Fsp3) is 0.273. The summed E-state index contributed by atoms with van der Waals surface area (Å²) in [5.74, 6) is -0.445. The molecule has 0 spiro atoms. The van der Waals surface area contributed by atoms with Crippen LogP contribution in [-0.2, 0) is 29.3 Å². The molecule has 2 aromatic rings. The highest BCUT2D eigenvalue weighted by Gasteiger charge is 2.40. The number of amides is 4. The lowest BCUT2D eigenvalue weighted by molar-refractivity contribution is -0.136. The van der Waals surface area contributed by atoms with E-state index >= 15 is 0 Å². The molecule has 2 aliphatic heterocycles. The monoisotopic (exact) mass is 423 g/mol. The second-order valence-electron chi connectivity index (χ2n) is 7.45. The van der Waals surface area contributed by atoms with E-state index in [9.17, 15) is 19.2 Å². The van der Waals surface area contributed by atoms with Gasteiger partial charge in [-0.2, -0.15) is 0 Å². The molecule has 31 heavy (non-hydrogen) atoms. The molecule has 3 N–H and O–H groups in total. The van der Waals surface area contributed by atoms with Crippen molar-refractivity contribution in [1.29, 1.82) is 0 Å². The summed E-state index contributed by atoms with van der Waals surface area (Å²) in [7, 11) is 0. The minimum Gasteiger partial charge on any atom is -0.489 e. The summed E-state index contributed by atoms with van der Waals surface area (Å²) in [5.41, 5.74) is 2.94. The van der Waals surface area contributed by atoms with Crippen molar-refractivity contribution in [3.8, 4) is 5.75 Å². The zero-order valence-electron chi connectivity index (χ0n) is 16.6. The van der Waals surface area contributed by atoms with Crippen molar-refractivity contribution >= 4 is 23.8 Å². The number of piperidine rings is 1. The van der Waals surface area contributed by atoms with Crippen LogP contribution >= 0.6 is 0 Å². The zero-order valence-corrected chi connectivity index (χ0v) is 16.6. The smallest absolute Gasteiger partial charge is 0.404 e. The first kappa shape index (κ1) is 20.4. The van der Waals surface area contributed by atoms with Crippen LogP contribution in [0.25, 0.3) is 0 Å². The lowest BCUT2D eigenvalue weighted by Gasteiger charge is -2.29. The van der Waals surface area contributed by atoms with Crippen molar-refractivity contribution in [2.75, 3.05) is 0 Å². The van der Waals surface area contributed by atoms with Crippen LogP contribution < -0.4 is 15.4 Å². The number of hydrogen-bond acceptors (Lipinski definition) is 5. The average molecular weight is 423 g/mol. The summed E-state index contributed by atoms with van der Waals surface area (Å²) in [6.07, 6.45) is -0.562. The van der Waals surface area contributed by atoms with Gasteiger partial charge < -0.3 is 20.1 Å². The molecule has 1 atom stereocenters. The van der Waals surface area contributed by atoms with E-state index in [4.69, 9.17) is 9.84 Å². The first-order chi connectivity index (χ1) is 14.9. The molecule has 2 aliphatic rings. The number of nitrogens with one attached hydrogen (secondary N) is 2. The Kier molecular flexibility index (Phi) is 5.57. The van der Waals surface area contributed by atoms with E-state index in [1.54, 1.807) is 18.2 Å². The Morgan fingerprint density at radius 2 is 1.87 bits per heavy atom. The van der Waals surface area contributed by atoms with Gasteiger partial charge >= 0.3 is 6.09 Å². The van der Waals surface area contributed by atoms with Gasteiger partial charge in [0.05, 0.1) is 6.54 Å². The molecule has 0 radical (unpaired) electrons. The normalized spacial score (nSPS) is 17.9. The van der Waals surface area contributed by atoms with Gasteiger partial charge in [-0.3, -0.25) is 19.7 Å². The highest BCUT2D eigenvalue weighted by molar-refractivity contribution is 6.05. The number of carboxylic acid groups (broad SMARTS) is 1. The summed E-state index contributed by atoms with van der Waals surface area (Å²) in [6, 6.07) is 11.9. The Bertz CT molecular complexity index is 1050. The largest absolute Gasteiger partial charge is 0.489 e. The van der Waals surface area contributed by atoms with E-state index in [-0.39, 0.29) is 37.9 Å². The minimum absolute atomic E-state index is 0.206. The van der Waals surface area contributed by atoms with E-state index < -0.39 is 18.0 Å².